The minimum Gasteiger partial charge on any atom is -0.428 e. The van der Waals surface area contributed by atoms with E-state index in [0.29, 0.717) is 5.82 Å². The molecule has 2 rings (SSSR count). The first-order valence-corrected chi connectivity index (χ1v) is 7.62. The highest BCUT2D eigenvalue weighted by molar-refractivity contribution is 5.94. The molecule has 0 aliphatic heterocycles. The molecule has 0 aliphatic carbocycles. The van der Waals surface area contributed by atoms with Gasteiger partial charge in [0.2, 0.25) is 0 Å². The Bertz CT molecular complexity index is 754. The maximum atomic E-state index is 12.9. The Morgan fingerprint density at radius 2 is 1.85 bits per heavy atom. The Labute approximate surface area is 147 Å². The van der Waals surface area contributed by atoms with Gasteiger partial charge in [0.25, 0.3) is 5.91 Å². The Morgan fingerprint density at radius 3 is 2.42 bits per heavy atom. The monoisotopic (exact) mass is 371 g/mol. The summed E-state index contributed by atoms with van der Waals surface area (Å²) in [4.78, 5) is 16.3. The van der Waals surface area contributed by atoms with E-state index in [4.69, 9.17) is 0 Å². The number of pyridine rings is 1. The van der Waals surface area contributed by atoms with Gasteiger partial charge in [0.05, 0.1) is 6.04 Å². The highest BCUT2D eigenvalue weighted by atomic mass is 19.3. The SMILES string of the molecule is CNc1cc(C(C)NC(=O)c2ccc(OC(F)(F)C(F)F)cc2)ccn1. The maximum absolute atomic E-state index is 12.9. The third-order valence-corrected chi connectivity index (χ3v) is 3.51. The van der Waals surface area contributed by atoms with Gasteiger partial charge < -0.3 is 15.4 Å². The summed E-state index contributed by atoms with van der Waals surface area (Å²) in [6.45, 7) is 1.77. The van der Waals surface area contributed by atoms with E-state index in [1.54, 1.807) is 32.3 Å². The molecule has 1 heterocycles. The van der Waals surface area contributed by atoms with Crippen LogP contribution < -0.4 is 15.4 Å². The summed E-state index contributed by atoms with van der Waals surface area (Å²) < 4.78 is 53.9. The van der Waals surface area contributed by atoms with Crippen LogP contribution in [0.2, 0.25) is 0 Å². The second-order valence-electron chi connectivity index (χ2n) is 5.41. The zero-order valence-corrected chi connectivity index (χ0v) is 14.0. The summed E-state index contributed by atoms with van der Waals surface area (Å²) in [5.41, 5.74) is 0.988. The van der Waals surface area contributed by atoms with Crippen LogP contribution in [0.25, 0.3) is 0 Å². The minimum atomic E-state index is -4.59. The molecule has 0 spiro atoms. The van der Waals surface area contributed by atoms with Gasteiger partial charge in [0.1, 0.15) is 11.6 Å². The standard InChI is InChI=1S/C17H17F4N3O2/c1-10(12-7-8-23-14(9-12)22-2)24-15(25)11-3-5-13(6-4-11)26-17(20,21)16(18)19/h3-10,16H,1-2H3,(H,22,23)(H,24,25). The van der Waals surface area contributed by atoms with E-state index in [-0.39, 0.29) is 11.6 Å². The molecule has 9 heteroatoms. The van der Waals surface area contributed by atoms with Crippen molar-refractivity contribution in [1.82, 2.24) is 10.3 Å². The number of carbonyl (C=O) groups excluding carboxylic acids is 1. The molecular weight excluding hydrogens is 354 g/mol. The highest BCUT2D eigenvalue weighted by Gasteiger charge is 2.43. The van der Waals surface area contributed by atoms with Gasteiger partial charge in [-0.2, -0.15) is 17.6 Å². The maximum Gasteiger partial charge on any atom is 0.461 e. The van der Waals surface area contributed by atoms with Crippen LogP contribution >= 0.6 is 0 Å². The van der Waals surface area contributed by atoms with E-state index in [1.165, 1.54) is 12.1 Å². The summed E-state index contributed by atoms with van der Waals surface area (Å²) in [7, 11) is 1.72. The molecule has 0 radical (unpaired) electrons. The molecule has 1 atom stereocenters. The summed E-state index contributed by atoms with van der Waals surface area (Å²) in [5.74, 6) is -0.273. The number of benzene rings is 1. The molecule has 0 saturated heterocycles. The molecular formula is C17H17F4N3O2. The zero-order valence-electron chi connectivity index (χ0n) is 14.0. The Balaban J connectivity index is 2.03. The van der Waals surface area contributed by atoms with Crippen molar-refractivity contribution in [3.63, 3.8) is 0 Å². The molecule has 0 bridgehead atoms. The van der Waals surface area contributed by atoms with Crippen LogP contribution in [0.15, 0.2) is 42.6 Å². The second-order valence-corrected chi connectivity index (χ2v) is 5.41. The van der Waals surface area contributed by atoms with E-state index in [9.17, 15) is 22.4 Å². The lowest BCUT2D eigenvalue weighted by Gasteiger charge is -2.17. The molecule has 1 aromatic carbocycles. The van der Waals surface area contributed by atoms with Crippen molar-refractivity contribution < 1.29 is 27.1 Å². The number of rotatable bonds is 7. The van der Waals surface area contributed by atoms with Crippen molar-refractivity contribution in [2.75, 3.05) is 12.4 Å². The number of nitrogens with one attached hydrogen (secondary N) is 2. The summed E-state index contributed by atoms with van der Waals surface area (Å²) in [5, 5.41) is 5.63. The van der Waals surface area contributed by atoms with Crippen molar-refractivity contribution in [2.45, 2.75) is 25.5 Å². The number of ether oxygens (including phenoxy) is 1. The Kier molecular flexibility index (Phi) is 6.01. The van der Waals surface area contributed by atoms with Crippen molar-refractivity contribution in [1.29, 1.82) is 0 Å². The fourth-order valence-electron chi connectivity index (χ4n) is 2.09. The van der Waals surface area contributed by atoms with E-state index in [1.807, 2.05) is 0 Å². The lowest BCUT2D eigenvalue weighted by Crippen LogP contribution is -2.33. The predicted octanol–water partition coefficient (Wildman–Crippen LogP) is 3.85. The van der Waals surface area contributed by atoms with Gasteiger partial charge in [0.15, 0.2) is 0 Å². The number of halogens is 4. The zero-order chi connectivity index (χ0) is 19.3. The van der Waals surface area contributed by atoms with Crippen molar-refractivity contribution >= 4 is 11.7 Å². The number of anilines is 1. The summed E-state index contributed by atoms with van der Waals surface area (Å²) in [6, 6.07) is 7.66. The molecule has 2 aromatic rings. The van der Waals surface area contributed by atoms with Crippen LogP contribution in [0.3, 0.4) is 0 Å². The predicted molar refractivity (Wildman–Crippen MR) is 87.7 cm³/mol. The molecule has 1 aromatic heterocycles. The molecule has 0 saturated carbocycles. The number of amides is 1. The third-order valence-electron chi connectivity index (χ3n) is 3.51. The molecule has 1 amide bonds. The van der Waals surface area contributed by atoms with Gasteiger partial charge in [0, 0.05) is 18.8 Å². The van der Waals surface area contributed by atoms with Gasteiger partial charge in [-0.25, -0.2) is 4.98 Å². The molecule has 0 aliphatic rings. The molecule has 26 heavy (non-hydrogen) atoms. The Morgan fingerprint density at radius 1 is 1.19 bits per heavy atom. The van der Waals surface area contributed by atoms with Crippen LogP contribution in [0, 0.1) is 0 Å². The number of alkyl halides is 4. The minimum absolute atomic E-state index is 0.174. The van der Waals surface area contributed by atoms with Crippen LogP contribution in [-0.2, 0) is 0 Å². The van der Waals surface area contributed by atoms with Crippen LogP contribution in [0.5, 0.6) is 5.75 Å². The first kappa shape index (κ1) is 19.5. The normalized spacial score (nSPS) is 12.6. The topological polar surface area (TPSA) is 63.2 Å². The summed E-state index contributed by atoms with van der Waals surface area (Å²) >= 11 is 0. The first-order valence-electron chi connectivity index (χ1n) is 7.62. The number of carbonyl (C=O) groups is 1. The van der Waals surface area contributed by atoms with Crippen LogP contribution in [0.4, 0.5) is 23.4 Å². The number of hydrogen-bond acceptors (Lipinski definition) is 4. The van der Waals surface area contributed by atoms with Crippen molar-refractivity contribution in [3.05, 3.63) is 53.7 Å². The van der Waals surface area contributed by atoms with Gasteiger partial charge in [-0.1, -0.05) is 0 Å². The molecule has 0 fully saturated rings. The lowest BCUT2D eigenvalue weighted by molar-refractivity contribution is -0.253. The van der Waals surface area contributed by atoms with E-state index in [0.717, 1.165) is 17.7 Å². The van der Waals surface area contributed by atoms with Crippen molar-refractivity contribution in [3.8, 4) is 5.75 Å². The van der Waals surface area contributed by atoms with Gasteiger partial charge in [-0.3, -0.25) is 4.79 Å². The van der Waals surface area contributed by atoms with E-state index in [2.05, 4.69) is 20.4 Å². The molecule has 1 unspecified atom stereocenters. The highest BCUT2D eigenvalue weighted by Crippen LogP contribution is 2.27. The first-order chi connectivity index (χ1) is 12.2. The fraction of sp³-hybridized carbons (Fsp3) is 0.294. The van der Waals surface area contributed by atoms with Crippen LogP contribution in [-0.4, -0.2) is 30.5 Å². The average molecular weight is 371 g/mol. The smallest absolute Gasteiger partial charge is 0.428 e. The van der Waals surface area contributed by atoms with E-state index < -0.39 is 24.2 Å². The van der Waals surface area contributed by atoms with Crippen molar-refractivity contribution in [2.24, 2.45) is 0 Å². The van der Waals surface area contributed by atoms with Gasteiger partial charge in [-0.05, 0) is 48.9 Å². The third kappa shape index (κ3) is 4.84. The molecule has 140 valence electrons. The van der Waals surface area contributed by atoms with Crippen LogP contribution in [0.1, 0.15) is 28.9 Å². The molecule has 5 nitrogen and oxygen atoms in total. The molecule has 2 N–H and O–H groups in total. The number of hydrogen-bond donors (Lipinski definition) is 2. The summed E-state index contributed by atoms with van der Waals surface area (Å²) in [6.07, 6.45) is -6.95. The largest absolute Gasteiger partial charge is 0.461 e. The average Bonchev–Trinajstić information content (AvgIpc) is 2.61. The number of nitrogens with zero attached hydrogens (tertiary/aromatic N) is 1. The van der Waals surface area contributed by atoms with E-state index >= 15 is 0 Å². The second kappa shape index (κ2) is 8.03. The quantitative estimate of drug-likeness (QED) is 0.726. The van der Waals surface area contributed by atoms with Gasteiger partial charge in [-0.15, -0.1) is 0 Å². The fourth-order valence-corrected chi connectivity index (χ4v) is 2.09. The van der Waals surface area contributed by atoms with Gasteiger partial charge >= 0.3 is 12.5 Å². The number of aromatic nitrogens is 1. The lowest BCUT2D eigenvalue weighted by atomic mass is 10.1. The Hall–Kier alpha value is -2.84.